The quantitative estimate of drug-likeness (QED) is 0.136. The van der Waals surface area contributed by atoms with E-state index in [1.165, 1.54) is 12.1 Å². The number of carbonyl (C=O) groups is 1. The van der Waals surface area contributed by atoms with Crippen LogP contribution in [0.2, 0.25) is 18.1 Å². The van der Waals surface area contributed by atoms with E-state index in [1.807, 2.05) is 36.4 Å². The number of methoxy groups -OCH3 is 1. The molecule has 2 aromatic carbocycles. The molecule has 0 radical (unpaired) electrons. The molecule has 36 heavy (non-hydrogen) atoms. The molecule has 0 unspecified atom stereocenters. The summed E-state index contributed by atoms with van der Waals surface area (Å²) in [5.41, 5.74) is 3.08. The number of allylic oxidation sites excluding steroid dienone is 3. The molecular formula is C30H40FNO3Si. The number of halogens is 1. The maximum Gasteiger partial charge on any atom is 0.248 e. The summed E-state index contributed by atoms with van der Waals surface area (Å²) in [5.74, 6) is 0.155. The number of carbonyl (C=O) groups excluding carboxylic acids is 1. The number of rotatable bonds is 12. The van der Waals surface area contributed by atoms with Crippen LogP contribution < -0.4 is 10.1 Å². The van der Waals surface area contributed by atoms with Crippen molar-refractivity contribution in [3.8, 4) is 5.75 Å². The highest BCUT2D eigenvalue weighted by atomic mass is 28.4. The van der Waals surface area contributed by atoms with E-state index in [0.29, 0.717) is 17.7 Å². The summed E-state index contributed by atoms with van der Waals surface area (Å²) in [6, 6.07) is 10.8. The second-order valence-corrected chi connectivity index (χ2v) is 15.1. The summed E-state index contributed by atoms with van der Waals surface area (Å²) in [7, 11) is -0.304. The lowest BCUT2D eigenvalue weighted by atomic mass is 10.1. The number of benzene rings is 2. The molecule has 194 valence electrons. The summed E-state index contributed by atoms with van der Waals surface area (Å²) in [6.07, 6.45) is 11.5. The van der Waals surface area contributed by atoms with Crippen LogP contribution in [0.25, 0.3) is 6.08 Å². The third-order valence-electron chi connectivity index (χ3n) is 6.46. The van der Waals surface area contributed by atoms with Gasteiger partial charge in [-0.15, -0.1) is 6.58 Å². The van der Waals surface area contributed by atoms with E-state index >= 15 is 0 Å². The van der Waals surface area contributed by atoms with Crippen molar-refractivity contribution in [2.45, 2.75) is 64.8 Å². The molecule has 0 spiro atoms. The lowest BCUT2D eigenvalue weighted by molar-refractivity contribution is -0.111. The van der Waals surface area contributed by atoms with Crippen molar-refractivity contribution < 1.29 is 18.3 Å². The van der Waals surface area contributed by atoms with E-state index < -0.39 is 8.32 Å². The van der Waals surface area contributed by atoms with E-state index in [-0.39, 0.29) is 23.4 Å². The van der Waals surface area contributed by atoms with Crippen molar-refractivity contribution in [3.63, 3.8) is 0 Å². The van der Waals surface area contributed by atoms with Gasteiger partial charge in [-0.2, -0.15) is 0 Å². The number of hydrogen-bond acceptors (Lipinski definition) is 3. The van der Waals surface area contributed by atoms with Crippen LogP contribution in [0.1, 0.15) is 50.3 Å². The molecule has 0 saturated carbocycles. The minimum Gasteiger partial charge on any atom is -0.496 e. The van der Waals surface area contributed by atoms with Gasteiger partial charge in [-0.3, -0.25) is 4.79 Å². The Morgan fingerprint density at radius 1 is 1.11 bits per heavy atom. The Morgan fingerprint density at radius 2 is 1.83 bits per heavy atom. The van der Waals surface area contributed by atoms with Crippen molar-refractivity contribution in [2.75, 3.05) is 12.4 Å². The highest BCUT2D eigenvalue weighted by Gasteiger charge is 2.37. The van der Waals surface area contributed by atoms with Gasteiger partial charge >= 0.3 is 0 Å². The molecular weight excluding hydrogens is 469 g/mol. The molecule has 0 aliphatic rings. The predicted molar refractivity (Wildman–Crippen MR) is 151 cm³/mol. The monoisotopic (exact) mass is 509 g/mol. The topological polar surface area (TPSA) is 47.6 Å². The summed E-state index contributed by atoms with van der Waals surface area (Å²) in [5, 5.41) is 2.77. The maximum atomic E-state index is 14.6. The Balaban J connectivity index is 1.83. The Morgan fingerprint density at radius 3 is 2.47 bits per heavy atom. The van der Waals surface area contributed by atoms with Crippen molar-refractivity contribution in [2.24, 2.45) is 0 Å². The van der Waals surface area contributed by atoms with Crippen molar-refractivity contribution >= 4 is 26.0 Å². The molecule has 0 saturated heterocycles. The maximum absolute atomic E-state index is 14.6. The first kappa shape index (κ1) is 29.3. The molecule has 0 aromatic heterocycles. The standard InChI is InChI=1S/C30H40FNO3Si/c1-8-13-23-16-17-24(28(20-23)34-5)14-11-9-10-12-15-29(33)32-26-19-18-25(27(31)21-26)22-35-36(6,7)30(2,3)4/h8,11-12,14-21H,1,9-10,13,22H2,2-7H3,(H,32,33)/b14-11?,15-12+. The molecule has 0 atom stereocenters. The van der Waals surface area contributed by atoms with E-state index in [1.54, 1.807) is 19.2 Å². The fourth-order valence-electron chi connectivity index (χ4n) is 3.18. The molecule has 0 fully saturated rings. The summed E-state index contributed by atoms with van der Waals surface area (Å²) >= 11 is 0. The molecule has 6 heteroatoms. The van der Waals surface area contributed by atoms with Gasteiger partial charge in [-0.25, -0.2) is 4.39 Å². The first-order valence-corrected chi connectivity index (χ1v) is 15.2. The molecule has 0 heterocycles. The zero-order chi connectivity index (χ0) is 26.8. The number of amides is 1. The van der Waals surface area contributed by atoms with Gasteiger partial charge in [0, 0.05) is 16.8 Å². The average molecular weight is 510 g/mol. The number of unbranched alkanes of at least 4 members (excludes halogenated alkanes) is 1. The molecule has 2 aromatic rings. The van der Waals surface area contributed by atoms with Crippen molar-refractivity contribution in [1.82, 2.24) is 0 Å². The molecule has 1 amide bonds. The molecule has 2 rings (SSSR count). The lowest BCUT2D eigenvalue weighted by Crippen LogP contribution is -2.40. The lowest BCUT2D eigenvalue weighted by Gasteiger charge is -2.36. The van der Waals surface area contributed by atoms with Crippen LogP contribution in [0.15, 0.2) is 67.3 Å². The largest absolute Gasteiger partial charge is 0.496 e. The minimum atomic E-state index is -1.96. The first-order valence-electron chi connectivity index (χ1n) is 12.3. The summed E-state index contributed by atoms with van der Waals surface area (Å²) in [4.78, 5) is 12.2. The van der Waals surface area contributed by atoms with Crippen LogP contribution in [0.4, 0.5) is 10.1 Å². The zero-order valence-electron chi connectivity index (χ0n) is 22.5. The summed E-state index contributed by atoms with van der Waals surface area (Å²) in [6.45, 7) is 14.7. The van der Waals surface area contributed by atoms with Crippen molar-refractivity contribution in [3.05, 3.63) is 89.8 Å². The Kier molecular flexibility index (Phi) is 10.9. The van der Waals surface area contributed by atoms with Gasteiger partial charge in [-0.1, -0.05) is 63.3 Å². The van der Waals surface area contributed by atoms with E-state index in [0.717, 1.165) is 29.7 Å². The van der Waals surface area contributed by atoms with E-state index in [2.05, 4.69) is 51.8 Å². The van der Waals surface area contributed by atoms with Gasteiger partial charge in [-0.05, 0) is 67.2 Å². The number of ether oxygens (including phenoxy) is 1. The SMILES string of the molecule is C=CCc1ccc(C=CCC/C=C/C(=O)Nc2ccc(CO[Si](C)(C)C(C)(C)C)c(F)c2)c(OC)c1. The van der Waals surface area contributed by atoms with E-state index in [9.17, 15) is 9.18 Å². The van der Waals surface area contributed by atoms with Crippen LogP contribution in [0.5, 0.6) is 5.75 Å². The molecule has 0 bridgehead atoms. The number of anilines is 1. The van der Waals surface area contributed by atoms with Crippen LogP contribution in [-0.2, 0) is 22.2 Å². The normalized spacial score (nSPS) is 12.3. The smallest absolute Gasteiger partial charge is 0.248 e. The van der Waals surface area contributed by atoms with Crippen LogP contribution in [0, 0.1) is 5.82 Å². The molecule has 4 nitrogen and oxygen atoms in total. The number of hydrogen-bond donors (Lipinski definition) is 1. The molecule has 1 N–H and O–H groups in total. The first-order chi connectivity index (χ1) is 17.0. The van der Waals surface area contributed by atoms with Gasteiger partial charge in [0.15, 0.2) is 8.32 Å². The fourth-order valence-corrected chi connectivity index (χ4v) is 4.13. The third-order valence-corrected chi connectivity index (χ3v) is 10.9. The van der Waals surface area contributed by atoms with Gasteiger partial charge in [0.1, 0.15) is 11.6 Å². The van der Waals surface area contributed by atoms with Gasteiger partial charge in [0.2, 0.25) is 5.91 Å². The minimum absolute atomic E-state index is 0.0588. The van der Waals surface area contributed by atoms with E-state index in [4.69, 9.17) is 9.16 Å². The van der Waals surface area contributed by atoms with Crippen LogP contribution in [0.3, 0.4) is 0 Å². The van der Waals surface area contributed by atoms with Crippen LogP contribution in [-0.4, -0.2) is 21.3 Å². The molecule has 0 aliphatic carbocycles. The van der Waals surface area contributed by atoms with Gasteiger partial charge in [0.05, 0.1) is 13.7 Å². The van der Waals surface area contributed by atoms with Gasteiger partial charge in [0.25, 0.3) is 0 Å². The van der Waals surface area contributed by atoms with Gasteiger partial charge < -0.3 is 14.5 Å². The second-order valence-electron chi connectivity index (χ2n) is 10.3. The third kappa shape index (κ3) is 8.92. The molecule has 0 aliphatic heterocycles. The average Bonchev–Trinajstić information content (AvgIpc) is 2.80. The second kappa shape index (κ2) is 13.4. The van der Waals surface area contributed by atoms with Crippen LogP contribution >= 0.6 is 0 Å². The fraction of sp³-hybridized carbons (Fsp3) is 0.367. The zero-order valence-corrected chi connectivity index (χ0v) is 23.5. The highest BCUT2D eigenvalue weighted by molar-refractivity contribution is 6.74. The predicted octanol–water partition coefficient (Wildman–Crippen LogP) is 8.07. The highest BCUT2D eigenvalue weighted by Crippen LogP contribution is 2.37. The van der Waals surface area contributed by atoms with Crippen molar-refractivity contribution in [1.29, 1.82) is 0 Å². The Bertz CT molecular complexity index is 1100. The Labute approximate surface area is 217 Å². The number of nitrogens with one attached hydrogen (secondary N) is 1. The Hall–Kier alpha value is -2.96. The summed E-state index contributed by atoms with van der Waals surface area (Å²) < 4.78 is 26.1.